The smallest absolute Gasteiger partial charge is 0.0730 e. The number of rotatable bonds is 3. The van der Waals surface area contributed by atoms with Gasteiger partial charge in [0, 0.05) is 0 Å². The van der Waals surface area contributed by atoms with Gasteiger partial charge >= 0.3 is 0 Å². The third-order valence-corrected chi connectivity index (χ3v) is 2.12. The van der Waals surface area contributed by atoms with Crippen molar-refractivity contribution in [2.75, 3.05) is 0 Å². The van der Waals surface area contributed by atoms with Crippen LogP contribution in [0.2, 0.25) is 0 Å². The molecule has 1 N–H and O–H groups in total. The summed E-state index contributed by atoms with van der Waals surface area (Å²) in [5, 5.41) is 9.33. The van der Waals surface area contributed by atoms with Gasteiger partial charge < -0.3 is 5.11 Å². The summed E-state index contributed by atoms with van der Waals surface area (Å²) in [6, 6.07) is 0. The van der Waals surface area contributed by atoms with E-state index in [2.05, 4.69) is 6.58 Å². The summed E-state index contributed by atoms with van der Waals surface area (Å²) in [5.74, 6) is 0. The Morgan fingerprint density at radius 1 is 1.53 bits per heavy atom. The highest BCUT2D eigenvalue weighted by Gasteiger charge is 2.13. The zero-order valence-electron chi connectivity index (χ0n) is 10.0. The van der Waals surface area contributed by atoms with E-state index in [9.17, 15) is 5.11 Å². The lowest BCUT2D eigenvalue weighted by Gasteiger charge is -2.00. The predicted molar refractivity (Wildman–Crippen MR) is 67.8 cm³/mol. The minimum Gasteiger partial charge on any atom is -0.389 e. The minimum atomic E-state index is -0.256. The molecule has 0 amide bonds. The summed E-state index contributed by atoms with van der Waals surface area (Å²) in [6.45, 7) is 9.66. The normalized spacial score (nSPS) is 20.9. The Morgan fingerprint density at radius 3 is 2.60 bits per heavy atom. The Bertz CT molecular complexity index is 269. The van der Waals surface area contributed by atoms with Crippen LogP contribution in [0.25, 0.3) is 0 Å². The minimum absolute atomic E-state index is 0.256. The fourth-order valence-electron chi connectivity index (χ4n) is 1.52. The molecular weight excluding hydrogens is 184 g/mol. The monoisotopic (exact) mass is 206 g/mol. The van der Waals surface area contributed by atoms with Gasteiger partial charge in [-0.3, -0.25) is 0 Å². The van der Waals surface area contributed by atoms with Gasteiger partial charge in [-0.25, -0.2) is 0 Å². The van der Waals surface area contributed by atoms with E-state index in [1.54, 1.807) is 6.08 Å². The molecule has 0 aromatic carbocycles. The third kappa shape index (κ3) is 4.80. The van der Waals surface area contributed by atoms with Crippen LogP contribution in [0.4, 0.5) is 0 Å². The highest BCUT2D eigenvalue weighted by molar-refractivity contribution is 5.43. The van der Waals surface area contributed by atoms with Crippen LogP contribution in [0, 0.1) is 0 Å². The Morgan fingerprint density at radius 2 is 2.20 bits per heavy atom. The van der Waals surface area contributed by atoms with Crippen LogP contribution in [0.1, 0.15) is 33.6 Å². The first-order valence-electron chi connectivity index (χ1n) is 5.62. The van der Waals surface area contributed by atoms with Crippen molar-refractivity contribution in [1.82, 2.24) is 0 Å². The number of aliphatic hydroxyl groups excluding tert-OH is 1. The Balaban J connectivity index is 0.000000921. The lowest BCUT2D eigenvalue weighted by molar-refractivity contribution is 0.223. The number of hydrogen-bond acceptors (Lipinski definition) is 1. The first-order chi connectivity index (χ1) is 7.27. The van der Waals surface area contributed by atoms with Gasteiger partial charge in [-0.15, -0.1) is 0 Å². The molecule has 0 aromatic heterocycles. The van der Waals surface area contributed by atoms with Crippen molar-refractivity contribution < 1.29 is 5.11 Å². The van der Waals surface area contributed by atoms with Crippen molar-refractivity contribution in [2.24, 2.45) is 0 Å². The molecule has 0 bridgehead atoms. The van der Waals surface area contributed by atoms with Crippen LogP contribution >= 0.6 is 0 Å². The molecule has 0 heterocycles. The molecule has 0 aliphatic heterocycles. The average molecular weight is 206 g/mol. The first kappa shape index (κ1) is 13.9. The standard InChI is InChI=1S/C12H16O.C2H6/c1-3-5-10(6-4-2)11-7-8-12(13)9-11;1-2/h3-6,9,12-13H,1,7-8H2,2H3;1-2H3/b6-4-,10-5+;. The fourth-order valence-corrected chi connectivity index (χ4v) is 1.52. The number of hydrogen-bond donors (Lipinski definition) is 1. The van der Waals surface area contributed by atoms with Crippen molar-refractivity contribution in [3.05, 3.63) is 48.1 Å². The van der Waals surface area contributed by atoms with Crippen molar-refractivity contribution in [2.45, 2.75) is 39.7 Å². The van der Waals surface area contributed by atoms with E-state index in [1.165, 1.54) is 5.57 Å². The van der Waals surface area contributed by atoms with Gasteiger partial charge in [0.2, 0.25) is 0 Å². The zero-order valence-corrected chi connectivity index (χ0v) is 10.0. The van der Waals surface area contributed by atoms with Crippen LogP contribution in [0.5, 0.6) is 0 Å². The molecule has 1 nitrogen and oxygen atoms in total. The molecule has 84 valence electrons. The summed E-state index contributed by atoms with van der Waals surface area (Å²) < 4.78 is 0. The van der Waals surface area contributed by atoms with Crippen molar-refractivity contribution >= 4 is 0 Å². The maximum atomic E-state index is 9.33. The van der Waals surface area contributed by atoms with Gasteiger partial charge in [0.05, 0.1) is 6.10 Å². The lowest BCUT2D eigenvalue weighted by Crippen LogP contribution is -1.93. The van der Waals surface area contributed by atoms with Crippen LogP contribution in [0.3, 0.4) is 0 Å². The highest BCUT2D eigenvalue weighted by atomic mass is 16.3. The summed E-state index contributed by atoms with van der Waals surface area (Å²) in [7, 11) is 0. The fraction of sp³-hybridized carbons (Fsp3) is 0.429. The molecule has 1 unspecified atom stereocenters. The molecule has 0 radical (unpaired) electrons. The van der Waals surface area contributed by atoms with Crippen LogP contribution in [0.15, 0.2) is 48.1 Å². The number of aliphatic hydroxyl groups is 1. The van der Waals surface area contributed by atoms with Crippen LogP contribution < -0.4 is 0 Å². The summed E-state index contributed by atoms with van der Waals surface area (Å²) in [5.41, 5.74) is 2.39. The summed E-state index contributed by atoms with van der Waals surface area (Å²) >= 11 is 0. The third-order valence-electron chi connectivity index (χ3n) is 2.12. The molecule has 0 aromatic rings. The van der Waals surface area contributed by atoms with E-state index < -0.39 is 0 Å². The molecule has 0 spiro atoms. The molecule has 1 rings (SSSR count). The molecule has 1 aliphatic carbocycles. The van der Waals surface area contributed by atoms with E-state index in [0.717, 1.165) is 18.4 Å². The average Bonchev–Trinajstić information content (AvgIpc) is 2.68. The predicted octanol–water partition coefficient (Wildman–Crippen LogP) is 3.78. The summed E-state index contributed by atoms with van der Waals surface area (Å²) in [6.07, 6.45) is 11.3. The topological polar surface area (TPSA) is 20.2 Å². The summed E-state index contributed by atoms with van der Waals surface area (Å²) in [4.78, 5) is 0. The lowest BCUT2D eigenvalue weighted by atomic mass is 10.0. The first-order valence-corrected chi connectivity index (χ1v) is 5.62. The van der Waals surface area contributed by atoms with Crippen molar-refractivity contribution in [3.8, 4) is 0 Å². The SMILES string of the molecule is C=C/C=C(\C=C/C)C1=CC(O)CC1.CC. The molecule has 1 atom stereocenters. The molecular formula is C14H22O. The van der Waals surface area contributed by atoms with Crippen molar-refractivity contribution in [1.29, 1.82) is 0 Å². The molecule has 1 heteroatoms. The Kier molecular flexibility index (Phi) is 7.65. The Labute approximate surface area is 93.5 Å². The van der Waals surface area contributed by atoms with Gasteiger partial charge in [0.1, 0.15) is 0 Å². The van der Waals surface area contributed by atoms with Crippen LogP contribution in [-0.2, 0) is 0 Å². The Hall–Kier alpha value is -1.08. The molecule has 0 saturated heterocycles. The molecule has 15 heavy (non-hydrogen) atoms. The van der Waals surface area contributed by atoms with E-state index in [1.807, 2.05) is 45.1 Å². The maximum absolute atomic E-state index is 9.33. The van der Waals surface area contributed by atoms with E-state index >= 15 is 0 Å². The van der Waals surface area contributed by atoms with Gasteiger partial charge in [0.15, 0.2) is 0 Å². The molecule has 0 fully saturated rings. The van der Waals surface area contributed by atoms with Gasteiger partial charge in [-0.2, -0.15) is 0 Å². The van der Waals surface area contributed by atoms with Crippen LogP contribution in [-0.4, -0.2) is 11.2 Å². The zero-order chi connectivity index (χ0) is 11.7. The molecule has 1 aliphatic rings. The van der Waals surface area contributed by atoms with E-state index in [4.69, 9.17) is 0 Å². The number of allylic oxidation sites excluding steroid dienone is 6. The second-order valence-corrected chi connectivity index (χ2v) is 3.16. The van der Waals surface area contributed by atoms with Gasteiger partial charge in [-0.1, -0.05) is 50.8 Å². The van der Waals surface area contributed by atoms with E-state index in [-0.39, 0.29) is 6.10 Å². The quantitative estimate of drug-likeness (QED) is 0.697. The van der Waals surface area contributed by atoms with Gasteiger partial charge in [0.25, 0.3) is 0 Å². The highest BCUT2D eigenvalue weighted by Crippen LogP contribution is 2.25. The second-order valence-electron chi connectivity index (χ2n) is 3.16. The largest absolute Gasteiger partial charge is 0.389 e. The maximum Gasteiger partial charge on any atom is 0.0730 e. The van der Waals surface area contributed by atoms with Gasteiger partial charge in [-0.05, 0) is 30.9 Å². The van der Waals surface area contributed by atoms with E-state index in [0.29, 0.717) is 0 Å². The molecule has 0 saturated carbocycles. The second kappa shape index (κ2) is 8.25. The van der Waals surface area contributed by atoms with Crippen molar-refractivity contribution in [3.63, 3.8) is 0 Å².